The standard InChI is InChI=1S/C18H13N2O7/c21-15-10-11-16(22)20(15,17(23)12-4-2-1-3-5-12)27-18(24)13-6-8-14(9-7-13)19(25)26/h1-9H,10-11H2/q+1. The molecule has 1 heterocycles. The number of likely N-dealkylation sites (tertiary alicyclic amines) is 1. The third-order valence-corrected chi connectivity index (χ3v) is 4.10. The van der Waals surface area contributed by atoms with Gasteiger partial charge in [0.1, 0.15) is 0 Å². The highest BCUT2D eigenvalue weighted by Gasteiger charge is 2.61. The van der Waals surface area contributed by atoms with Gasteiger partial charge in [0.05, 0.1) is 33.5 Å². The van der Waals surface area contributed by atoms with E-state index in [0.717, 1.165) is 24.3 Å². The van der Waals surface area contributed by atoms with Crippen LogP contribution in [0.15, 0.2) is 54.6 Å². The second-order valence-corrected chi connectivity index (χ2v) is 5.75. The summed E-state index contributed by atoms with van der Waals surface area (Å²) in [6.07, 6.45) is -0.462. The first kappa shape index (κ1) is 18.1. The molecule has 9 heteroatoms. The number of hydrogen-bond acceptors (Lipinski definition) is 7. The molecule has 1 aliphatic rings. The number of non-ortho nitro benzene ring substituents is 1. The average Bonchev–Trinajstić information content (AvgIpc) is 2.97. The Morgan fingerprint density at radius 1 is 0.889 bits per heavy atom. The van der Waals surface area contributed by atoms with Crippen molar-refractivity contribution in [2.24, 2.45) is 0 Å². The van der Waals surface area contributed by atoms with E-state index in [1.165, 1.54) is 12.1 Å². The van der Waals surface area contributed by atoms with Crippen molar-refractivity contribution >= 4 is 29.4 Å². The molecular weight excluding hydrogens is 356 g/mol. The first-order valence-corrected chi connectivity index (χ1v) is 7.90. The van der Waals surface area contributed by atoms with E-state index >= 15 is 0 Å². The van der Waals surface area contributed by atoms with Crippen LogP contribution >= 0.6 is 0 Å². The minimum Gasteiger partial charge on any atom is -0.258 e. The molecule has 9 nitrogen and oxygen atoms in total. The van der Waals surface area contributed by atoms with Crippen LogP contribution in [0.1, 0.15) is 33.6 Å². The van der Waals surface area contributed by atoms with Gasteiger partial charge in [-0.25, -0.2) is 24.0 Å². The number of carbonyl (C=O) groups excluding carboxylic acids is 4. The fourth-order valence-electron chi connectivity index (χ4n) is 2.70. The Balaban J connectivity index is 1.96. The molecule has 0 saturated carbocycles. The Bertz CT molecular complexity index is 935. The predicted octanol–water partition coefficient (Wildman–Crippen LogP) is 2.17. The number of benzene rings is 2. The van der Waals surface area contributed by atoms with E-state index in [2.05, 4.69) is 0 Å². The smallest absolute Gasteiger partial charge is 0.258 e. The summed E-state index contributed by atoms with van der Waals surface area (Å²) in [4.78, 5) is 65.3. The minimum absolute atomic E-state index is 0.0394. The molecule has 1 saturated heterocycles. The van der Waals surface area contributed by atoms with Gasteiger partial charge in [0.25, 0.3) is 5.69 Å². The Morgan fingerprint density at radius 3 is 1.96 bits per heavy atom. The lowest BCUT2D eigenvalue weighted by atomic mass is 10.2. The van der Waals surface area contributed by atoms with Gasteiger partial charge in [-0.2, -0.15) is 0 Å². The molecule has 0 aromatic heterocycles. The maximum absolute atomic E-state index is 12.9. The first-order chi connectivity index (χ1) is 12.9. The van der Waals surface area contributed by atoms with Gasteiger partial charge in [0.2, 0.25) is 0 Å². The van der Waals surface area contributed by atoms with E-state index in [-0.39, 0.29) is 29.7 Å². The zero-order valence-electron chi connectivity index (χ0n) is 13.9. The van der Waals surface area contributed by atoms with Crippen molar-refractivity contribution in [3.63, 3.8) is 0 Å². The Kier molecular flexibility index (Phi) is 4.61. The normalized spacial score (nSPS) is 15.4. The lowest BCUT2D eigenvalue weighted by Crippen LogP contribution is -2.57. The van der Waals surface area contributed by atoms with E-state index < -0.39 is 33.3 Å². The summed E-state index contributed by atoms with van der Waals surface area (Å²) in [5.74, 6) is -3.76. The van der Waals surface area contributed by atoms with Crippen molar-refractivity contribution in [2.75, 3.05) is 0 Å². The van der Waals surface area contributed by atoms with Crippen molar-refractivity contribution in [1.29, 1.82) is 0 Å². The molecule has 0 unspecified atom stereocenters. The third-order valence-electron chi connectivity index (χ3n) is 4.10. The molecule has 0 spiro atoms. The number of hydroxylamine groups is 3. The van der Waals surface area contributed by atoms with Gasteiger partial charge in [0.15, 0.2) is 0 Å². The molecule has 3 amide bonds. The van der Waals surface area contributed by atoms with Crippen LogP contribution < -0.4 is 0 Å². The van der Waals surface area contributed by atoms with Crippen molar-refractivity contribution in [2.45, 2.75) is 12.8 Å². The summed E-state index contributed by atoms with van der Waals surface area (Å²) < 4.78 is -1.68. The summed E-state index contributed by atoms with van der Waals surface area (Å²) in [5.41, 5.74) is -0.340. The lowest BCUT2D eigenvalue weighted by molar-refractivity contribution is -0.885. The molecule has 0 N–H and O–H groups in total. The number of nitrogens with zero attached hydrogens (tertiary/aromatic N) is 2. The molecule has 2 aromatic carbocycles. The van der Waals surface area contributed by atoms with Crippen molar-refractivity contribution in [3.8, 4) is 0 Å². The molecular formula is C18H13N2O7+. The summed E-state index contributed by atoms with van der Waals surface area (Å²) in [6.45, 7) is 0. The van der Waals surface area contributed by atoms with Gasteiger partial charge >= 0.3 is 23.7 Å². The maximum Gasteiger partial charge on any atom is 0.402 e. The van der Waals surface area contributed by atoms with Crippen molar-refractivity contribution in [1.82, 2.24) is 0 Å². The molecule has 0 radical (unpaired) electrons. The molecule has 1 aliphatic heterocycles. The Morgan fingerprint density at radius 2 is 1.44 bits per heavy atom. The van der Waals surface area contributed by atoms with Gasteiger partial charge in [-0.05, 0) is 24.3 Å². The molecule has 27 heavy (non-hydrogen) atoms. The van der Waals surface area contributed by atoms with E-state index in [9.17, 15) is 29.3 Å². The monoisotopic (exact) mass is 369 g/mol. The fourth-order valence-corrected chi connectivity index (χ4v) is 2.70. The highest BCUT2D eigenvalue weighted by Crippen LogP contribution is 2.28. The van der Waals surface area contributed by atoms with Crippen molar-refractivity contribution in [3.05, 3.63) is 75.8 Å². The molecule has 2 aromatic rings. The first-order valence-electron chi connectivity index (χ1n) is 7.90. The van der Waals surface area contributed by atoms with Crippen LogP contribution in [0.25, 0.3) is 0 Å². The summed E-state index contributed by atoms with van der Waals surface area (Å²) in [7, 11) is 0. The molecule has 0 aliphatic carbocycles. The van der Waals surface area contributed by atoms with Crippen LogP contribution in [0, 0.1) is 10.1 Å². The second-order valence-electron chi connectivity index (χ2n) is 5.75. The number of rotatable bonds is 3. The van der Waals surface area contributed by atoms with Crippen LogP contribution in [0.4, 0.5) is 5.69 Å². The topological polar surface area (TPSA) is 121 Å². The van der Waals surface area contributed by atoms with E-state index in [1.807, 2.05) is 0 Å². The van der Waals surface area contributed by atoms with Crippen molar-refractivity contribution < 1.29 is 33.6 Å². The molecule has 0 bridgehead atoms. The lowest BCUT2D eigenvalue weighted by Gasteiger charge is -2.22. The fraction of sp³-hybridized carbons (Fsp3) is 0.111. The average molecular weight is 369 g/mol. The molecule has 0 atom stereocenters. The number of quaternary nitrogens is 1. The van der Waals surface area contributed by atoms with Crippen LogP contribution in [-0.2, 0) is 14.4 Å². The summed E-state index contributed by atoms with van der Waals surface area (Å²) >= 11 is 0. The molecule has 136 valence electrons. The highest BCUT2D eigenvalue weighted by molar-refractivity contribution is 6.08. The zero-order chi connectivity index (χ0) is 19.6. The van der Waals surface area contributed by atoms with Gasteiger partial charge in [-0.1, -0.05) is 18.2 Å². The third kappa shape index (κ3) is 3.11. The molecule has 3 rings (SSSR count). The maximum atomic E-state index is 12.9. The Labute approximate surface area is 152 Å². The zero-order valence-corrected chi connectivity index (χ0v) is 13.9. The SMILES string of the molecule is O=C(O[N+]1(C(=O)c2ccccc2)C(=O)CCC1=O)c1ccc([N+](=O)[O-])cc1. The molecule has 1 fully saturated rings. The minimum atomic E-state index is -1.68. The van der Waals surface area contributed by atoms with Crippen LogP contribution in [0.3, 0.4) is 0 Å². The predicted molar refractivity (Wildman–Crippen MR) is 88.8 cm³/mol. The Hall–Kier alpha value is -3.72. The second kappa shape index (κ2) is 6.89. The van der Waals surface area contributed by atoms with Gasteiger partial charge in [-0.3, -0.25) is 10.1 Å². The van der Waals surface area contributed by atoms with Crippen LogP contribution in [-0.4, -0.2) is 33.3 Å². The highest BCUT2D eigenvalue weighted by atomic mass is 16.8. The summed E-state index contributed by atoms with van der Waals surface area (Å²) in [6, 6.07) is 11.9. The number of nitro groups is 1. The largest absolute Gasteiger partial charge is 0.402 e. The quantitative estimate of drug-likeness (QED) is 0.352. The van der Waals surface area contributed by atoms with Crippen LogP contribution in [0.2, 0.25) is 0 Å². The number of nitro benzene ring substituents is 1. The van der Waals surface area contributed by atoms with E-state index in [1.54, 1.807) is 18.2 Å². The number of carbonyl (C=O) groups is 4. The van der Waals surface area contributed by atoms with Gasteiger partial charge in [-0.15, -0.1) is 0 Å². The van der Waals surface area contributed by atoms with Gasteiger partial charge < -0.3 is 0 Å². The van der Waals surface area contributed by atoms with Gasteiger partial charge in [0, 0.05) is 12.1 Å². The summed E-state index contributed by atoms with van der Waals surface area (Å²) in [5, 5.41) is 10.7. The number of amides is 3. The van der Waals surface area contributed by atoms with E-state index in [0.29, 0.717) is 0 Å². The van der Waals surface area contributed by atoms with E-state index in [4.69, 9.17) is 4.84 Å². The number of hydrogen-bond donors (Lipinski definition) is 0. The number of imide groups is 3. The van der Waals surface area contributed by atoms with Crippen LogP contribution in [0.5, 0.6) is 0 Å².